The first-order valence-electron chi connectivity index (χ1n) is 14.8. The van der Waals surface area contributed by atoms with Gasteiger partial charge in [0, 0.05) is 5.57 Å². The van der Waals surface area contributed by atoms with Gasteiger partial charge in [-0.15, -0.1) is 0 Å². The zero-order valence-corrected chi connectivity index (χ0v) is 25.5. The molecule has 4 fully saturated rings. The molecule has 0 aromatic heterocycles. The number of carbonyl (C=O) groups is 1. The predicted molar refractivity (Wildman–Crippen MR) is 158 cm³/mol. The first kappa shape index (κ1) is 29.2. The van der Waals surface area contributed by atoms with Gasteiger partial charge in [-0.25, -0.2) is 0 Å². The Hall–Kier alpha value is -2.34. The summed E-state index contributed by atoms with van der Waals surface area (Å²) in [5, 5.41) is 0.0777. The van der Waals surface area contributed by atoms with Crippen LogP contribution in [-0.4, -0.2) is 14.6 Å². The Morgan fingerprint density at radius 2 is 1.60 bits per heavy atom. The van der Waals surface area contributed by atoms with Gasteiger partial charge in [0.15, 0.2) is 0 Å². The molecule has 4 bridgehead atoms. The summed E-state index contributed by atoms with van der Waals surface area (Å²) in [4.78, 5) is 11.8. The number of carbonyl (C=O) groups excluding carboxylic acids is 1. The number of allylic oxidation sites excluding steroid dienone is 2. The molecule has 2 aromatic rings. The zero-order chi connectivity index (χ0) is 28.9. The van der Waals surface area contributed by atoms with Crippen molar-refractivity contribution < 1.29 is 22.4 Å². The lowest BCUT2D eigenvalue weighted by Gasteiger charge is -2.57. The summed E-state index contributed by atoms with van der Waals surface area (Å²) in [6, 6.07) is 11.7. The summed E-state index contributed by atoms with van der Waals surface area (Å²) in [5.74, 6) is 3.57. The molecule has 0 radical (unpaired) electrons. The predicted octanol–water partition coefficient (Wildman–Crippen LogP) is 9.77. The van der Waals surface area contributed by atoms with Gasteiger partial charge in [0.25, 0.3) is 0 Å². The first-order chi connectivity index (χ1) is 18.7. The molecule has 0 N–H and O–H groups in total. The summed E-state index contributed by atoms with van der Waals surface area (Å²) in [6.07, 6.45) is 7.21. The second-order valence-corrected chi connectivity index (χ2v) is 19.0. The summed E-state index contributed by atoms with van der Waals surface area (Å²) in [5.41, 5.74) is 2.59. The van der Waals surface area contributed by atoms with E-state index in [1.807, 2.05) is 0 Å². The SMILES string of the molecule is CC(C)(C)[Si](C)(C)Oc1cc(CCC=C(C=O)c2cccc(C(F)(F)F)c2)ccc1C12CC3CC(CC(C3)C1)C2. The van der Waals surface area contributed by atoms with E-state index in [-0.39, 0.29) is 16.0 Å². The Morgan fingerprint density at radius 3 is 2.15 bits per heavy atom. The van der Waals surface area contributed by atoms with Crippen molar-refractivity contribution in [1.29, 1.82) is 0 Å². The van der Waals surface area contributed by atoms with Crippen LogP contribution in [0, 0.1) is 17.8 Å². The van der Waals surface area contributed by atoms with Crippen molar-refractivity contribution in [2.75, 3.05) is 0 Å². The molecule has 40 heavy (non-hydrogen) atoms. The van der Waals surface area contributed by atoms with Gasteiger partial charge in [-0.2, -0.15) is 13.2 Å². The van der Waals surface area contributed by atoms with E-state index in [1.165, 1.54) is 50.2 Å². The lowest BCUT2D eigenvalue weighted by atomic mass is 9.48. The Kier molecular flexibility index (Phi) is 7.65. The van der Waals surface area contributed by atoms with Crippen LogP contribution in [0.1, 0.15) is 88.0 Å². The van der Waals surface area contributed by atoms with Crippen molar-refractivity contribution in [2.24, 2.45) is 17.8 Å². The number of aryl methyl sites for hydroxylation is 1. The Balaban J connectivity index is 1.42. The molecule has 0 saturated heterocycles. The van der Waals surface area contributed by atoms with Crippen molar-refractivity contribution in [3.63, 3.8) is 0 Å². The minimum Gasteiger partial charge on any atom is -0.543 e. The van der Waals surface area contributed by atoms with E-state index < -0.39 is 20.1 Å². The maximum Gasteiger partial charge on any atom is 0.416 e. The zero-order valence-electron chi connectivity index (χ0n) is 24.5. The van der Waals surface area contributed by atoms with Crippen LogP contribution in [0.4, 0.5) is 13.2 Å². The molecular weight excluding hydrogens is 525 g/mol. The first-order valence-corrected chi connectivity index (χ1v) is 17.8. The number of aldehydes is 1. The highest BCUT2D eigenvalue weighted by molar-refractivity contribution is 6.74. The fraction of sp³-hybridized carbons (Fsp3) is 0.559. The summed E-state index contributed by atoms with van der Waals surface area (Å²) in [7, 11) is -2.08. The van der Waals surface area contributed by atoms with Crippen molar-refractivity contribution in [1.82, 2.24) is 0 Å². The summed E-state index contributed by atoms with van der Waals surface area (Å²) in [6.45, 7) is 11.4. The molecule has 2 aromatic carbocycles. The lowest BCUT2D eigenvalue weighted by molar-refractivity contribution is -0.137. The quantitative estimate of drug-likeness (QED) is 0.180. The van der Waals surface area contributed by atoms with Crippen LogP contribution in [0.3, 0.4) is 0 Å². The van der Waals surface area contributed by atoms with E-state index >= 15 is 0 Å². The molecule has 2 nitrogen and oxygen atoms in total. The van der Waals surface area contributed by atoms with Gasteiger partial charge in [0.1, 0.15) is 12.0 Å². The fourth-order valence-corrected chi connectivity index (χ4v) is 8.64. The summed E-state index contributed by atoms with van der Waals surface area (Å²) < 4.78 is 46.6. The molecule has 0 spiro atoms. The van der Waals surface area contributed by atoms with Gasteiger partial charge >= 0.3 is 6.18 Å². The Labute approximate surface area is 238 Å². The van der Waals surface area contributed by atoms with Gasteiger partial charge in [-0.1, -0.05) is 51.1 Å². The van der Waals surface area contributed by atoms with Crippen molar-refractivity contribution in [2.45, 2.75) is 102 Å². The molecule has 6 heteroatoms. The number of hydrogen-bond acceptors (Lipinski definition) is 2. The third-order valence-corrected chi connectivity index (χ3v) is 14.6. The molecule has 4 aliphatic rings. The molecule has 4 aliphatic carbocycles. The van der Waals surface area contributed by atoms with Crippen LogP contribution in [0.25, 0.3) is 5.57 Å². The molecule has 4 saturated carbocycles. The second kappa shape index (κ2) is 10.5. The fourth-order valence-electron chi connectivity index (χ4n) is 7.62. The molecular formula is C34H43F3O2Si. The molecule has 0 heterocycles. The van der Waals surface area contributed by atoms with E-state index in [9.17, 15) is 18.0 Å². The highest BCUT2D eigenvalue weighted by atomic mass is 28.4. The van der Waals surface area contributed by atoms with E-state index in [1.54, 1.807) is 12.1 Å². The van der Waals surface area contributed by atoms with E-state index in [2.05, 4.69) is 52.1 Å². The van der Waals surface area contributed by atoms with Gasteiger partial charge in [0.2, 0.25) is 8.32 Å². The van der Waals surface area contributed by atoms with Gasteiger partial charge in [0.05, 0.1) is 5.56 Å². The number of rotatable bonds is 8. The Morgan fingerprint density at radius 1 is 0.975 bits per heavy atom. The third-order valence-electron chi connectivity index (χ3n) is 10.3. The molecule has 216 valence electrons. The highest BCUT2D eigenvalue weighted by Crippen LogP contribution is 2.62. The van der Waals surface area contributed by atoms with Crippen molar-refractivity contribution in [3.05, 3.63) is 70.8 Å². The monoisotopic (exact) mass is 568 g/mol. The van der Waals surface area contributed by atoms with Crippen LogP contribution in [-0.2, 0) is 22.8 Å². The van der Waals surface area contributed by atoms with Gasteiger partial charge in [-0.3, -0.25) is 4.79 Å². The van der Waals surface area contributed by atoms with Crippen LogP contribution >= 0.6 is 0 Å². The smallest absolute Gasteiger partial charge is 0.416 e. The Bertz CT molecular complexity index is 1250. The number of hydrogen-bond donors (Lipinski definition) is 0. The van der Waals surface area contributed by atoms with Crippen molar-refractivity contribution >= 4 is 20.2 Å². The number of alkyl halides is 3. The summed E-state index contributed by atoms with van der Waals surface area (Å²) >= 11 is 0. The number of benzene rings is 2. The average Bonchev–Trinajstić information content (AvgIpc) is 2.84. The van der Waals surface area contributed by atoms with E-state index in [0.29, 0.717) is 24.7 Å². The molecule has 0 atom stereocenters. The highest BCUT2D eigenvalue weighted by Gasteiger charge is 2.53. The standard InChI is InChI=1S/C34H43F3O2Si/c1-32(2,3)40(4,5)39-31-17-23(8-6-10-28(22-38)27-9-7-11-29(18-27)34(35,36)37)12-13-30(31)33-19-24-14-25(20-33)16-26(15-24)21-33/h7,9-13,17-18,22,24-26H,6,8,14-16,19-21H2,1-5H3. The minimum absolute atomic E-state index is 0.0777. The average molecular weight is 569 g/mol. The maximum atomic E-state index is 13.2. The topological polar surface area (TPSA) is 26.3 Å². The van der Waals surface area contributed by atoms with Gasteiger partial charge < -0.3 is 4.43 Å². The van der Waals surface area contributed by atoms with E-state index in [0.717, 1.165) is 41.2 Å². The van der Waals surface area contributed by atoms with Crippen LogP contribution in [0.2, 0.25) is 18.1 Å². The molecule has 6 rings (SSSR count). The second-order valence-electron chi connectivity index (χ2n) is 14.3. The third kappa shape index (κ3) is 5.84. The molecule has 0 aliphatic heterocycles. The maximum absolute atomic E-state index is 13.2. The number of halogens is 3. The van der Waals surface area contributed by atoms with Gasteiger partial charge in [-0.05, 0) is 128 Å². The molecule has 0 unspecified atom stereocenters. The van der Waals surface area contributed by atoms with Crippen molar-refractivity contribution in [3.8, 4) is 5.75 Å². The molecule has 0 amide bonds. The largest absolute Gasteiger partial charge is 0.543 e. The van der Waals surface area contributed by atoms with E-state index in [4.69, 9.17) is 4.43 Å². The van der Waals surface area contributed by atoms with Crippen LogP contribution in [0.5, 0.6) is 5.75 Å². The van der Waals surface area contributed by atoms with Crippen LogP contribution < -0.4 is 4.43 Å². The normalized spacial score (nSPS) is 26.7. The van der Waals surface area contributed by atoms with Crippen LogP contribution in [0.15, 0.2) is 48.5 Å². The lowest BCUT2D eigenvalue weighted by Crippen LogP contribution is -2.49. The minimum atomic E-state index is -4.44.